The van der Waals surface area contributed by atoms with Gasteiger partial charge in [0, 0.05) is 17.3 Å². The highest BCUT2D eigenvalue weighted by Crippen LogP contribution is 2.34. The van der Waals surface area contributed by atoms with E-state index >= 15 is 0 Å². The van der Waals surface area contributed by atoms with Gasteiger partial charge in [-0.25, -0.2) is 9.97 Å². The summed E-state index contributed by atoms with van der Waals surface area (Å²) in [5, 5.41) is 4.16. The molecule has 0 unspecified atom stereocenters. The van der Waals surface area contributed by atoms with Crippen LogP contribution in [0.4, 0.5) is 5.69 Å². The van der Waals surface area contributed by atoms with Crippen molar-refractivity contribution in [1.82, 2.24) is 15.0 Å². The number of aromatic nitrogens is 3. The number of para-hydroxylation sites is 1. The Labute approximate surface area is 187 Å². The van der Waals surface area contributed by atoms with Crippen molar-refractivity contribution < 1.29 is 4.79 Å². The zero-order chi connectivity index (χ0) is 21.8. The van der Waals surface area contributed by atoms with E-state index in [9.17, 15) is 9.59 Å². The van der Waals surface area contributed by atoms with Crippen molar-refractivity contribution in [3.05, 3.63) is 82.3 Å². The van der Waals surface area contributed by atoms with Gasteiger partial charge in [-0.1, -0.05) is 60.3 Å². The summed E-state index contributed by atoms with van der Waals surface area (Å²) in [6.45, 7) is 3.84. The van der Waals surface area contributed by atoms with E-state index in [1.54, 1.807) is 0 Å². The zero-order valence-electron chi connectivity index (χ0n) is 17.0. The van der Waals surface area contributed by atoms with Crippen molar-refractivity contribution in [2.45, 2.75) is 19.0 Å². The van der Waals surface area contributed by atoms with Crippen LogP contribution in [0, 0.1) is 13.8 Å². The van der Waals surface area contributed by atoms with Crippen LogP contribution in [0.5, 0.6) is 0 Å². The fourth-order valence-electron chi connectivity index (χ4n) is 2.99. The van der Waals surface area contributed by atoms with Crippen LogP contribution in [-0.4, -0.2) is 26.6 Å². The fraction of sp³-hybridized carbons (Fsp3) is 0.130. The number of nitrogens with one attached hydrogen (secondary N) is 2. The highest BCUT2D eigenvalue weighted by molar-refractivity contribution is 7.99. The number of hydrogen-bond acceptors (Lipinski definition) is 6. The number of rotatable bonds is 6. The van der Waals surface area contributed by atoms with E-state index in [1.165, 1.54) is 29.2 Å². The van der Waals surface area contributed by atoms with Gasteiger partial charge in [0.2, 0.25) is 5.91 Å². The SMILES string of the molecule is Cc1ccccc1NC(=O)CSc1nc(-c2sc(-c3ccccc3)nc2C)cc(=O)[nH]1. The minimum atomic E-state index is -0.263. The molecule has 2 aromatic heterocycles. The van der Waals surface area contributed by atoms with E-state index in [0.29, 0.717) is 10.9 Å². The normalized spacial score (nSPS) is 10.8. The number of carbonyl (C=O) groups excluding carboxylic acids is 1. The Balaban J connectivity index is 1.52. The molecule has 0 fully saturated rings. The largest absolute Gasteiger partial charge is 0.325 e. The smallest absolute Gasteiger partial charge is 0.252 e. The topological polar surface area (TPSA) is 87.7 Å². The van der Waals surface area contributed by atoms with Crippen LogP contribution in [0.3, 0.4) is 0 Å². The molecule has 4 aromatic rings. The molecule has 2 N–H and O–H groups in total. The third kappa shape index (κ3) is 5.10. The summed E-state index contributed by atoms with van der Waals surface area (Å²) < 4.78 is 0. The number of thiazole rings is 1. The van der Waals surface area contributed by atoms with Crippen molar-refractivity contribution in [3.8, 4) is 21.1 Å². The molecule has 31 heavy (non-hydrogen) atoms. The first-order valence-corrected chi connectivity index (χ1v) is 11.4. The van der Waals surface area contributed by atoms with Gasteiger partial charge >= 0.3 is 0 Å². The van der Waals surface area contributed by atoms with Gasteiger partial charge in [-0.2, -0.15) is 0 Å². The molecule has 0 saturated heterocycles. The number of hydrogen-bond donors (Lipinski definition) is 2. The number of thioether (sulfide) groups is 1. The average Bonchev–Trinajstić information content (AvgIpc) is 3.16. The summed E-state index contributed by atoms with van der Waals surface area (Å²) in [7, 11) is 0. The van der Waals surface area contributed by atoms with Crippen LogP contribution in [0.15, 0.2) is 70.6 Å². The lowest BCUT2D eigenvalue weighted by atomic mass is 10.2. The first-order chi connectivity index (χ1) is 15.0. The van der Waals surface area contributed by atoms with E-state index in [4.69, 9.17) is 0 Å². The summed E-state index contributed by atoms with van der Waals surface area (Å²) in [4.78, 5) is 37.3. The Bertz CT molecular complexity index is 1280. The van der Waals surface area contributed by atoms with Crippen LogP contribution in [0.25, 0.3) is 21.1 Å². The number of carbonyl (C=O) groups is 1. The maximum atomic E-state index is 12.3. The molecule has 4 rings (SSSR count). The minimum Gasteiger partial charge on any atom is -0.325 e. The van der Waals surface area contributed by atoms with Crippen molar-refractivity contribution >= 4 is 34.7 Å². The summed E-state index contributed by atoms with van der Waals surface area (Å²) in [5.41, 5.74) is 3.90. The van der Waals surface area contributed by atoms with Crippen LogP contribution in [0.2, 0.25) is 0 Å². The van der Waals surface area contributed by atoms with Gasteiger partial charge in [-0.05, 0) is 25.5 Å². The third-order valence-corrected chi connectivity index (χ3v) is 6.63. The lowest BCUT2D eigenvalue weighted by Gasteiger charge is -2.08. The molecule has 1 amide bonds. The fourth-order valence-corrected chi connectivity index (χ4v) is 4.70. The zero-order valence-corrected chi connectivity index (χ0v) is 18.6. The van der Waals surface area contributed by atoms with Crippen LogP contribution in [-0.2, 0) is 4.79 Å². The van der Waals surface area contributed by atoms with E-state index in [0.717, 1.165) is 32.4 Å². The lowest BCUT2D eigenvalue weighted by molar-refractivity contribution is -0.113. The number of aromatic amines is 1. The Morgan fingerprint density at radius 1 is 1.06 bits per heavy atom. The maximum Gasteiger partial charge on any atom is 0.252 e. The molecule has 0 radical (unpaired) electrons. The third-order valence-electron chi connectivity index (χ3n) is 4.53. The van der Waals surface area contributed by atoms with Crippen molar-refractivity contribution in [2.24, 2.45) is 0 Å². The standard InChI is InChI=1S/C23H20N4O2S2/c1-14-8-6-7-11-17(14)25-20(29)13-30-23-26-18(12-19(28)27-23)21-15(2)24-22(31-21)16-9-4-3-5-10-16/h3-12H,13H2,1-2H3,(H,25,29)(H,26,27,28). The molecule has 0 aliphatic rings. The van der Waals surface area contributed by atoms with Gasteiger partial charge < -0.3 is 10.3 Å². The van der Waals surface area contributed by atoms with E-state index in [-0.39, 0.29) is 17.2 Å². The number of amides is 1. The van der Waals surface area contributed by atoms with E-state index in [2.05, 4.69) is 20.3 Å². The summed E-state index contributed by atoms with van der Waals surface area (Å²) in [6.07, 6.45) is 0. The van der Waals surface area contributed by atoms with Crippen molar-refractivity contribution in [2.75, 3.05) is 11.1 Å². The highest BCUT2D eigenvalue weighted by Gasteiger charge is 2.15. The molecule has 0 spiro atoms. The van der Waals surface area contributed by atoms with Crippen LogP contribution < -0.4 is 10.9 Å². The molecule has 2 aromatic carbocycles. The number of aryl methyl sites for hydroxylation is 2. The molecule has 0 aliphatic heterocycles. The van der Waals surface area contributed by atoms with E-state index in [1.807, 2.05) is 68.4 Å². The second-order valence-electron chi connectivity index (χ2n) is 6.89. The Hall–Kier alpha value is -3.23. The van der Waals surface area contributed by atoms with Gasteiger partial charge in [0.05, 0.1) is 22.0 Å². The number of nitrogens with zero attached hydrogens (tertiary/aromatic N) is 2. The van der Waals surface area contributed by atoms with Crippen LogP contribution >= 0.6 is 23.1 Å². The maximum absolute atomic E-state index is 12.3. The second kappa shape index (κ2) is 9.28. The molecular weight excluding hydrogens is 428 g/mol. The molecule has 0 saturated carbocycles. The van der Waals surface area contributed by atoms with Gasteiger partial charge in [0.15, 0.2) is 5.16 Å². The number of H-pyrrole nitrogens is 1. The number of anilines is 1. The quantitative estimate of drug-likeness (QED) is 0.323. The van der Waals surface area contributed by atoms with Gasteiger partial charge in [0.25, 0.3) is 5.56 Å². The average molecular weight is 449 g/mol. The summed E-state index contributed by atoms with van der Waals surface area (Å²) in [5.74, 6) is -0.0230. The molecule has 0 aliphatic carbocycles. The monoisotopic (exact) mass is 448 g/mol. The first kappa shape index (κ1) is 21.0. The molecule has 0 atom stereocenters. The second-order valence-corrected chi connectivity index (χ2v) is 8.85. The van der Waals surface area contributed by atoms with E-state index < -0.39 is 0 Å². The Morgan fingerprint density at radius 3 is 2.58 bits per heavy atom. The minimum absolute atomic E-state index is 0.137. The first-order valence-electron chi connectivity index (χ1n) is 9.62. The molecule has 8 heteroatoms. The van der Waals surface area contributed by atoms with Gasteiger partial charge in [0.1, 0.15) is 5.01 Å². The van der Waals surface area contributed by atoms with Crippen molar-refractivity contribution in [1.29, 1.82) is 0 Å². The molecule has 2 heterocycles. The van der Waals surface area contributed by atoms with Gasteiger partial charge in [-0.3, -0.25) is 9.59 Å². The predicted molar refractivity (Wildman–Crippen MR) is 127 cm³/mol. The lowest BCUT2D eigenvalue weighted by Crippen LogP contribution is -2.16. The molecule has 156 valence electrons. The molecule has 6 nitrogen and oxygen atoms in total. The number of benzene rings is 2. The summed E-state index contributed by atoms with van der Waals surface area (Å²) >= 11 is 2.69. The molecular formula is C23H20N4O2S2. The molecule has 0 bridgehead atoms. The van der Waals surface area contributed by atoms with Crippen molar-refractivity contribution in [3.63, 3.8) is 0 Å². The Kier molecular flexibility index (Phi) is 6.29. The summed E-state index contributed by atoms with van der Waals surface area (Å²) in [6, 6.07) is 19.0. The predicted octanol–water partition coefficient (Wildman–Crippen LogP) is 4.91. The highest BCUT2D eigenvalue weighted by atomic mass is 32.2. The Morgan fingerprint density at radius 2 is 1.81 bits per heavy atom. The van der Waals surface area contributed by atoms with Gasteiger partial charge in [-0.15, -0.1) is 11.3 Å². The van der Waals surface area contributed by atoms with Crippen LogP contribution in [0.1, 0.15) is 11.3 Å².